The van der Waals surface area contributed by atoms with Crippen LogP contribution in [0.4, 0.5) is 22.2 Å². The van der Waals surface area contributed by atoms with Crippen molar-refractivity contribution in [2.75, 3.05) is 16.4 Å². The normalized spacial score (nSPS) is 13.2. The molecule has 2 aromatic carbocycles. The predicted molar refractivity (Wildman–Crippen MR) is 153 cm³/mol. The molecular weight excluding hydrogens is 480 g/mol. The third kappa shape index (κ3) is 3.75. The first-order chi connectivity index (χ1) is 18.0. The van der Waals surface area contributed by atoms with E-state index in [9.17, 15) is 0 Å². The van der Waals surface area contributed by atoms with E-state index >= 15 is 0 Å². The minimum absolute atomic E-state index is 0.364. The minimum atomic E-state index is 0.364. The van der Waals surface area contributed by atoms with Crippen LogP contribution in [0.1, 0.15) is 23.6 Å². The van der Waals surface area contributed by atoms with Gasteiger partial charge >= 0.3 is 0 Å². The number of aryl methyl sites for hydroxylation is 2. The Morgan fingerprint density at radius 1 is 1.05 bits per heavy atom. The van der Waals surface area contributed by atoms with Crippen molar-refractivity contribution in [2.45, 2.75) is 26.8 Å². The summed E-state index contributed by atoms with van der Waals surface area (Å²) < 4.78 is 1.84. The van der Waals surface area contributed by atoms with E-state index in [1.165, 1.54) is 17.5 Å². The fraction of sp³-hybridized carbons (Fsp3) is 0.143. The SMILES string of the molecule is C=C1c2c(C)csc2N=C(Cn2nc(-c3cccc(N)c3)c3c(N)ncnc32)N1c1ccccc1CC. The summed E-state index contributed by atoms with van der Waals surface area (Å²) in [4.78, 5) is 16.1. The minimum Gasteiger partial charge on any atom is -0.399 e. The number of aliphatic imine (C=N–C) groups is 1. The number of fused-ring (bicyclic) bond motifs is 2. The zero-order valence-corrected chi connectivity index (χ0v) is 21.5. The van der Waals surface area contributed by atoms with Gasteiger partial charge in [-0.15, -0.1) is 11.3 Å². The summed E-state index contributed by atoms with van der Waals surface area (Å²) in [5, 5.41) is 8.72. The Morgan fingerprint density at radius 2 is 1.89 bits per heavy atom. The van der Waals surface area contributed by atoms with Crippen LogP contribution < -0.4 is 16.4 Å². The van der Waals surface area contributed by atoms with Crippen molar-refractivity contribution < 1.29 is 0 Å². The number of amidine groups is 1. The van der Waals surface area contributed by atoms with Gasteiger partial charge in [0.05, 0.1) is 16.8 Å². The molecule has 0 aliphatic carbocycles. The van der Waals surface area contributed by atoms with Crippen LogP contribution >= 0.6 is 11.3 Å². The molecule has 0 spiro atoms. The van der Waals surface area contributed by atoms with Crippen molar-refractivity contribution >= 4 is 56.1 Å². The maximum Gasteiger partial charge on any atom is 0.164 e. The van der Waals surface area contributed by atoms with Crippen LogP contribution in [-0.2, 0) is 13.0 Å². The average molecular weight is 507 g/mol. The van der Waals surface area contributed by atoms with E-state index in [0.29, 0.717) is 34.8 Å². The maximum absolute atomic E-state index is 6.33. The molecule has 184 valence electrons. The van der Waals surface area contributed by atoms with Gasteiger partial charge in [0.15, 0.2) is 5.65 Å². The third-order valence-electron chi connectivity index (χ3n) is 6.63. The largest absolute Gasteiger partial charge is 0.399 e. The maximum atomic E-state index is 6.33. The Bertz CT molecular complexity index is 1710. The molecule has 0 radical (unpaired) electrons. The van der Waals surface area contributed by atoms with Gasteiger partial charge in [0, 0.05) is 16.8 Å². The van der Waals surface area contributed by atoms with E-state index in [4.69, 9.17) is 21.6 Å². The molecule has 0 saturated heterocycles. The molecule has 0 atom stereocenters. The molecule has 0 saturated carbocycles. The Balaban J connectivity index is 1.54. The van der Waals surface area contributed by atoms with Gasteiger partial charge in [-0.25, -0.2) is 19.6 Å². The standard InChI is InChI=1S/C28H26N8S/c1-4-18-8-5-6-11-21(18)36-17(3)23-16(2)14-37-28(23)33-22(36)13-35-27-24(26(30)31-15-32-27)25(34-35)19-9-7-10-20(29)12-19/h5-12,14-15H,3-4,13,29H2,1-2H3,(H2,30,31,32). The highest BCUT2D eigenvalue weighted by molar-refractivity contribution is 7.14. The zero-order valence-electron chi connectivity index (χ0n) is 20.6. The lowest BCUT2D eigenvalue weighted by Crippen LogP contribution is -2.35. The van der Waals surface area contributed by atoms with Crippen LogP contribution in [0.5, 0.6) is 0 Å². The predicted octanol–water partition coefficient (Wildman–Crippen LogP) is 5.81. The van der Waals surface area contributed by atoms with E-state index < -0.39 is 0 Å². The van der Waals surface area contributed by atoms with Crippen LogP contribution in [-0.4, -0.2) is 25.6 Å². The Hall–Kier alpha value is -4.50. The highest BCUT2D eigenvalue weighted by Crippen LogP contribution is 2.43. The van der Waals surface area contributed by atoms with Gasteiger partial charge in [0.2, 0.25) is 0 Å². The van der Waals surface area contributed by atoms with Gasteiger partial charge in [-0.05, 0) is 48.1 Å². The molecule has 5 aromatic rings. The Kier molecular flexibility index (Phi) is 5.49. The van der Waals surface area contributed by atoms with Crippen molar-refractivity contribution in [3.05, 3.63) is 83.5 Å². The van der Waals surface area contributed by atoms with Gasteiger partial charge in [-0.1, -0.05) is 43.8 Å². The molecule has 4 heterocycles. The summed E-state index contributed by atoms with van der Waals surface area (Å²) in [6, 6.07) is 15.9. The number of anilines is 3. The van der Waals surface area contributed by atoms with E-state index in [-0.39, 0.29) is 0 Å². The van der Waals surface area contributed by atoms with Crippen molar-refractivity contribution in [2.24, 2.45) is 4.99 Å². The lowest BCUT2D eigenvalue weighted by atomic mass is 10.0. The topological polar surface area (TPSA) is 111 Å². The first-order valence-electron chi connectivity index (χ1n) is 12.0. The Labute approximate surface area is 218 Å². The number of para-hydroxylation sites is 1. The third-order valence-corrected chi connectivity index (χ3v) is 7.62. The highest BCUT2D eigenvalue weighted by Gasteiger charge is 2.30. The number of nitrogen functional groups attached to an aromatic ring is 2. The molecule has 1 aliphatic heterocycles. The zero-order chi connectivity index (χ0) is 25.7. The fourth-order valence-electron chi connectivity index (χ4n) is 4.88. The lowest BCUT2D eigenvalue weighted by Gasteiger charge is -2.33. The summed E-state index contributed by atoms with van der Waals surface area (Å²) in [6.07, 6.45) is 2.35. The molecule has 8 nitrogen and oxygen atoms in total. The number of rotatable bonds is 5. The molecule has 37 heavy (non-hydrogen) atoms. The summed E-state index contributed by atoms with van der Waals surface area (Å²) in [5.41, 5.74) is 20.7. The van der Waals surface area contributed by atoms with Crippen molar-refractivity contribution in [3.63, 3.8) is 0 Å². The number of hydrogen-bond donors (Lipinski definition) is 2. The van der Waals surface area contributed by atoms with Gasteiger partial charge in [0.1, 0.15) is 35.2 Å². The van der Waals surface area contributed by atoms with Crippen LogP contribution in [0, 0.1) is 6.92 Å². The number of nitrogens with two attached hydrogens (primary N) is 2. The lowest BCUT2D eigenvalue weighted by molar-refractivity contribution is 0.738. The van der Waals surface area contributed by atoms with E-state index in [2.05, 4.69) is 58.9 Å². The van der Waals surface area contributed by atoms with Gasteiger partial charge in [-0.3, -0.25) is 4.90 Å². The molecular formula is C28H26N8S. The quantitative estimate of drug-likeness (QED) is 0.291. The van der Waals surface area contributed by atoms with E-state index in [1.807, 2.05) is 35.0 Å². The Morgan fingerprint density at radius 3 is 2.70 bits per heavy atom. The number of hydrogen-bond acceptors (Lipinski definition) is 8. The molecule has 3 aromatic heterocycles. The van der Waals surface area contributed by atoms with Crippen molar-refractivity contribution in [1.82, 2.24) is 19.7 Å². The fourth-order valence-corrected chi connectivity index (χ4v) is 5.84. The molecule has 4 N–H and O–H groups in total. The van der Waals surface area contributed by atoms with Crippen LogP contribution in [0.25, 0.3) is 28.0 Å². The van der Waals surface area contributed by atoms with Crippen molar-refractivity contribution in [3.8, 4) is 11.3 Å². The average Bonchev–Trinajstić information content (AvgIpc) is 3.46. The smallest absolute Gasteiger partial charge is 0.164 e. The number of aromatic nitrogens is 4. The molecule has 0 unspecified atom stereocenters. The van der Waals surface area contributed by atoms with E-state index in [0.717, 1.165) is 39.8 Å². The molecule has 6 rings (SSSR count). The van der Waals surface area contributed by atoms with Crippen LogP contribution in [0.15, 0.2) is 71.8 Å². The van der Waals surface area contributed by atoms with Gasteiger partial charge < -0.3 is 11.5 Å². The number of thiophene rings is 1. The summed E-state index contributed by atoms with van der Waals surface area (Å²) in [5.74, 6) is 1.17. The summed E-state index contributed by atoms with van der Waals surface area (Å²) in [7, 11) is 0. The van der Waals surface area contributed by atoms with Crippen molar-refractivity contribution in [1.29, 1.82) is 0 Å². The molecule has 0 fully saturated rings. The number of nitrogens with zero attached hydrogens (tertiary/aromatic N) is 6. The van der Waals surface area contributed by atoms with E-state index in [1.54, 1.807) is 11.3 Å². The molecule has 9 heteroatoms. The molecule has 0 bridgehead atoms. The summed E-state index contributed by atoms with van der Waals surface area (Å²) in [6.45, 7) is 9.13. The monoisotopic (exact) mass is 506 g/mol. The summed E-state index contributed by atoms with van der Waals surface area (Å²) >= 11 is 1.62. The van der Waals surface area contributed by atoms with Crippen LogP contribution in [0.3, 0.4) is 0 Å². The number of benzene rings is 2. The molecule has 0 amide bonds. The van der Waals surface area contributed by atoms with Gasteiger partial charge in [0.25, 0.3) is 0 Å². The first-order valence-corrected chi connectivity index (χ1v) is 12.9. The second kappa shape index (κ2) is 8.86. The van der Waals surface area contributed by atoms with Crippen LogP contribution in [0.2, 0.25) is 0 Å². The second-order valence-corrected chi connectivity index (χ2v) is 9.84. The second-order valence-electron chi connectivity index (χ2n) is 8.98. The van der Waals surface area contributed by atoms with Gasteiger partial charge in [-0.2, -0.15) is 5.10 Å². The first kappa shape index (κ1) is 22.9. The molecule has 1 aliphatic rings. The highest BCUT2D eigenvalue weighted by atomic mass is 32.1.